The fourth-order valence-electron chi connectivity index (χ4n) is 5.35. The monoisotopic (exact) mass is 556 g/mol. The Bertz CT molecular complexity index is 998. The smallest absolute Gasteiger partial charge is 0.306 e. The molecular weight excluding hydrogens is 512 g/mol. The van der Waals surface area contributed by atoms with Crippen molar-refractivity contribution in [1.82, 2.24) is 0 Å². The molecule has 7 heteroatoms. The maximum absolute atomic E-state index is 11.7. The van der Waals surface area contributed by atoms with Crippen LogP contribution in [0, 0.1) is 11.8 Å². The van der Waals surface area contributed by atoms with Crippen LogP contribution < -0.4 is 0 Å². The van der Waals surface area contributed by atoms with Crippen LogP contribution in [0.3, 0.4) is 0 Å². The molecule has 7 atom stereocenters. The topological polar surface area (TPSA) is 107 Å². The summed E-state index contributed by atoms with van der Waals surface area (Å²) in [5, 5.41) is 44.0. The van der Waals surface area contributed by atoms with Crippen LogP contribution in [0.5, 0.6) is 0 Å². The Kier molecular flexibility index (Phi) is 13.0. The quantitative estimate of drug-likeness (QED) is 0.107. The minimum Gasteiger partial charge on any atom is -0.463 e. The summed E-state index contributed by atoms with van der Waals surface area (Å²) < 4.78 is 5.16. The van der Waals surface area contributed by atoms with Crippen LogP contribution in [0.25, 0.3) is 0 Å². The Morgan fingerprint density at radius 3 is 2.33 bits per heavy atom. The van der Waals surface area contributed by atoms with E-state index in [2.05, 4.69) is 0 Å². The molecule has 1 fully saturated rings. The number of unbranched alkanes of at least 4 members (excludes halogenated alkanes) is 1. The minimum atomic E-state index is -1.02. The number of carbonyl (C=O) groups is 1. The van der Waals surface area contributed by atoms with E-state index in [1.807, 2.05) is 86.7 Å². The summed E-state index contributed by atoms with van der Waals surface area (Å²) in [6.07, 6.45) is 3.98. The molecule has 214 valence electrons. The predicted octanol–water partition coefficient (Wildman–Crippen LogP) is 4.93. The molecule has 0 spiro atoms. The van der Waals surface area contributed by atoms with Crippen molar-refractivity contribution in [1.29, 1.82) is 0 Å². The highest BCUT2D eigenvalue weighted by atomic mass is 32.2. The van der Waals surface area contributed by atoms with Crippen molar-refractivity contribution >= 4 is 17.7 Å². The van der Waals surface area contributed by atoms with Crippen LogP contribution >= 0.6 is 11.8 Å². The van der Waals surface area contributed by atoms with Gasteiger partial charge in [-0.1, -0.05) is 60.7 Å². The number of thioether (sulfide) groups is 1. The molecule has 4 N–H and O–H groups in total. The summed E-state index contributed by atoms with van der Waals surface area (Å²) >= 11 is 1.42. The van der Waals surface area contributed by atoms with Gasteiger partial charge in [0.2, 0.25) is 0 Å². The van der Waals surface area contributed by atoms with Crippen molar-refractivity contribution in [3.8, 4) is 0 Å². The summed E-state index contributed by atoms with van der Waals surface area (Å²) in [6.45, 7) is 3.66. The number of hydrogen-bond acceptors (Lipinski definition) is 7. The number of esters is 1. The lowest BCUT2D eigenvalue weighted by molar-refractivity contribution is -0.147. The normalized spacial score (nSPS) is 23.7. The van der Waals surface area contributed by atoms with Crippen molar-refractivity contribution in [2.45, 2.75) is 99.5 Å². The van der Waals surface area contributed by atoms with Crippen molar-refractivity contribution < 1.29 is 30.0 Å². The van der Waals surface area contributed by atoms with Crippen LogP contribution in [0.2, 0.25) is 0 Å². The third-order valence-corrected chi connectivity index (χ3v) is 8.72. The second kappa shape index (κ2) is 16.2. The second-order valence-corrected chi connectivity index (χ2v) is 12.0. The number of rotatable bonds is 15. The number of carbonyl (C=O) groups excluding carboxylic acids is 1. The van der Waals surface area contributed by atoms with Gasteiger partial charge in [0.1, 0.15) is 0 Å². The van der Waals surface area contributed by atoms with Gasteiger partial charge in [-0.2, -0.15) is 0 Å². The van der Waals surface area contributed by atoms with Crippen molar-refractivity contribution in [3.63, 3.8) is 0 Å². The molecule has 39 heavy (non-hydrogen) atoms. The average molecular weight is 557 g/mol. The summed E-state index contributed by atoms with van der Waals surface area (Å²) in [5.74, 6) is -1.11. The zero-order valence-corrected chi connectivity index (χ0v) is 23.8. The van der Waals surface area contributed by atoms with E-state index in [4.69, 9.17) is 4.74 Å². The highest BCUT2D eigenvalue weighted by molar-refractivity contribution is 8.00. The maximum atomic E-state index is 11.7. The number of benzene rings is 2. The Morgan fingerprint density at radius 2 is 1.67 bits per heavy atom. The van der Waals surface area contributed by atoms with E-state index in [1.165, 1.54) is 11.8 Å². The molecule has 0 amide bonds. The molecular formula is C32H44O6S. The first-order valence-corrected chi connectivity index (χ1v) is 15.0. The fourth-order valence-corrected chi connectivity index (χ4v) is 6.59. The Labute approximate surface area is 237 Å². The molecule has 1 aliphatic rings. The van der Waals surface area contributed by atoms with Gasteiger partial charge >= 0.3 is 5.97 Å². The van der Waals surface area contributed by atoms with Crippen LogP contribution in [0.4, 0.5) is 0 Å². The maximum Gasteiger partial charge on any atom is 0.306 e. The van der Waals surface area contributed by atoms with Gasteiger partial charge < -0.3 is 25.2 Å². The molecule has 0 saturated heterocycles. The van der Waals surface area contributed by atoms with Gasteiger partial charge in [-0.05, 0) is 76.0 Å². The van der Waals surface area contributed by atoms with E-state index in [0.29, 0.717) is 38.5 Å². The molecule has 0 heterocycles. The number of aryl methyl sites for hydroxylation is 1. The predicted molar refractivity (Wildman–Crippen MR) is 155 cm³/mol. The highest BCUT2D eigenvalue weighted by Gasteiger charge is 2.48. The molecule has 2 aromatic rings. The van der Waals surface area contributed by atoms with E-state index < -0.39 is 35.6 Å². The van der Waals surface area contributed by atoms with Crippen molar-refractivity contribution in [3.05, 3.63) is 78.4 Å². The molecule has 0 unspecified atom stereocenters. The number of ether oxygens (including phenoxy) is 1. The van der Waals surface area contributed by atoms with Crippen LogP contribution in [0.15, 0.2) is 77.7 Å². The second-order valence-electron chi connectivity index (χ2n) is 10.7. The minimum absolute atomic E-state index is 0.118. The summed E-state index contributed by atoms with van der Waals surface area (Å²) in [5.41, 5.74) is 1.12. The van der Waals surface area contributed by atoms with E-state index >= 15 is 0 Å². The van der Waals surface area contributed by atoms with E-state index in [9.17, 15) is 25.2 Å². The van der Waals surface area contributed by atoms with Crippen LogP contribution in [-0.4, -0.2) is 62.2 Å². The molecule has 0 aromatic heterocycles. The van der Waals surface area contributed by atoms with Gasteiger partial charge in [0.05, 0.1) is 35.8 Å². The highest BCUT2D eigenvalue weighted by Crippen LogP contribution is 2.42. The van der Waals surface area contributed by atoms with Crippen LogP contribution in [-0.2, 0) is 16.0 Å². The first-order chi connectivity index (χ1) is 18.8. The Morgan fingerprint density at radius 1 is 1.00 bits per heavy atom. The summed E-state index contributed by atoms with van der Waals surface area (Å²) in [4.78, 5) is 12.6. The lowest BCUT2D eigenvalue weighted by Crippen LogP contribution is -2.45. The number of hydrogen-bond donors (Lipinski definition) is 4. The zero-order chi connectivity index (χ0) is 28.2. The standard InChI is InChI=1S/C32H44O6S/c1-22(2)38-29(36)18-12-4-3-11-17-25-27(34)21-28(35)30(25)31(37)32(39-24-15-9-6-10-16-24)26(33)20-19-23-13-7-5-8-14-23/h3,5-11,13-16,22,25-28,30-35,37H,4,12,17-21H2,1-2H3/b11-3-/t25-,26+,27-,28+,30+,31-,32+/m0/s1. The first kappa shape index (κ1) is 31.4. The summed E-state index contributed by atoms with van der Waals surface area (Å²) in [7, 11) is 0. The van der Waals surface area contributed by atoms with Crippen molar-refractivity contribution in [2.75, 3.05) is 0 Å². The van der Waals surface area contributed by atoms with Gasteiger partial charge in [-0.3, -0.25) is 4.79 Å². The molecule has 2 aromatic carbocycles. The molecule has 0 radical (unpaired) electrons. The van der Waals surface area contributed by atoms with Gasteiger partial charge in [0.25, 0.3) is 0 Å². The number of allylic oxidation sites excluding steroid dienone is 2. The first-order valence-electron chi connectivity index (χ1n) is 14.1. The average Bonchev–Trinajstić information content (AvgIpc) is 3.20. The zero-order valence-electron chi connectivity index (χ0n) is 23.0. The molecule has 1 saturated carbocycles. The van der Waals surface area contributed by atoms with E-state index in [-0.39, 0.29) is 24.4 Å². The Balaban J connectivity index is 1.66. The van der Waals surface area contributed by atoms with E-state index in [1.54, 1.807) is 0 Å². The molecule has 0 aliphatic heterocycles. The Hall–Kier alpha value is -2.16. The lowest BCUT2D eigenvalue weighted by Gasteiger charge is -2.35. The molecule has 0 bridgehead atoms. The molecule has 6 nitrogen and oxygen atoms in total. The third-order valence-electron chi connectivity index (χ3n) is 7.31. The van der Waals surface area contributed by atoms with Crippen LogP contribution in [0.1, 0.15) is 57.9 Å². The van der Waals surface area contributed by atoms with Crippen molar-refractivity contribution in [2.24, 2.45) is 11.8 Å². The largest absolute Gasteiger partial charge is 0.463 e. The molecule has 1 aliphatic carbocycles. The number of aliphatic hydroxyl groups is 4. The number of aliphatic hydroxyl groups excluding tert-OH is 4. The summed E-state index contributed by atoms with van der Waals surface area (Å²) in [6, 6.07) is 19.6. The van der Waals surface area contributed by atoms with E-state index in [0.717, 1.165) is 10.5 Å². The van der Waals surface area contributed by atoms with Gasteiger partial charge in [-0.15, -0.1) is 11.8 Å². The third kappa shape index (κ3) is 10.1. The SMILES string of the molecule is CC(C)OC(=O)CCC/C=C\C[C@@H]1[C@@H]([C@H](O)[C@H](Sc2ccccc2)[C@H](O)CCc2ccccc2)[C@H](O)C[C@@H]1O. The molecule has 3 rings (SSSR count). The fraction of sp³-hybridized carbons (Fsp3) is 0.531. The lowest BCUT2D eigenvalue weighted by atomic mass is 9.83. The van der Waals surface area contributed by atoms with Gasteiger partial charge in [0, 0.05) is 17.2 Å². The van der Waals surface area contributed by atoms with Gasteiger partial charge in [0.15, 0.2) is 0 Å². The van der Waals surface area contributed by atoms with Gasteiger partial charge in [-0.25, -0.2) is 0 Å².